The lowest BCUT2D eigenvalue weighted by molar-refractivity contribution is 0.237. The van der Waals surface area contributed by atoms with Crippen molar-refractivity contribution < 1.29 is 8.42 Å². The van der Waals surface area contributed by atoms with Crippen LogP contribution in [0.1, 0.15) is 59.8 Å². The molecule has 19 heavy (non-hydrogen) atoms. The maximum atomic E-state index is 12.6. The van der Waals surface area contributed by atoms with Gasteiger partial charge in [-0.15, -0.1) is 0 Å². The molecule has 0 unspecified atom stereocenters. The van der Waals surface area contributed by atoms with Crippen LogP contribution in [-0.4, -0.2) is 37.1 Å². The van der Waals surface area contributed by atoms with E-state index in [1.807, 2.05) is 27.7 Å². The third kappa shape index (κ3) is 5.40. The van der Waals surface area contributed by atoms with Crippen LogP contribution < -0.4 is 5.73 Å². The fourth-order valence-corrected chi connectivity index (χ4v) is 5.17. The first-order valence-electron chi connectivity index (χ1n) is 7.41. The van der Waals surface area contributed by atoms with Gasteiger partial charge >= 0.3 is 0 Å². The fraction of sp³-hybridized carbons (Fsp3) is 1.00. The Morgan fingerprint density at radius 3 is 2.11 bits per heavy atom. The van der Waals surface area contributed by atoms with Gasteiger partial charge in [0.25, 0.3) is 0 Å². The van der Waals surface area contributed by atoms with E-state index >= 15 is 0 Å². The lowest BCUT2D eigenvalue weighted by Crippen LogP contribution is -2.46. The van der Waals surface area contributed by atoms with E-state index in [4.69, 9.17) is 5.73 Å². The van der Waals surface area contributed by atoms with Crippen LogP contribution in [0.5, 0.6) is 0 Å². The molecular formula is C14H30N2O2S. The minimum absolute atomic E-state index is 0.159. The van der Waals surface area contributed by atoms with E-state index in [0.717, 1.165) is 32.1 Å². The van der Waals surface area contributed by atoms with Crippen molar-refractivity contribution in [3.8, 4) is 0 Å². The zero-order valence-corrected chi connectivity index (χ0v) is 13.7. The summed E-state index contributed by atoms with van der Waals surface area (Å²) >= 11 is 0. The van der Waals surface area contributed by atoms with Gasteiger partial charge in [0.1, 0.15) is 0 Å². The normalized spacial score (nSPS) is 25.8. The number of sulfonamides is 1. The molecule has 5 heteroatoms. The second kappa shape index (κ2) is 6.55. The van der Waals surface area contributed by atoms with Crippen molar-refractivity contribution in [2.75, 3.05) is 12.3 Å². The van der Waals surface area contributed by atoms with Crippen LogP contribution in [-0.2, 0) is 10.0 Å². The Hall–Kier alpha value is -0.130. The summed E-state index contributed by atoms with van der Waals surface area (Å²) in [5, 5.41) is 0. The molecule has 1 fully saturated rings. The first-order valence-corrected chi connectivity index (χ1v) is 9.02. The van der Waals surface area contributed by atoms with Crippen LogP contribution in [0.2, 0.25) is 0 Å². The number of nitrogens with zero attached hydrogens (tertiary/aromatic N) is 1. The molecule has 0 amide bonds. The molecule has 1 saturated carbocycles. The molecule has 0 bridgehead atoms. The van der Waals surface area contributed by atoms with Gasteiger partial charge in [0, 0.05) is 18.6 Å². The second-order valence-electron chi connectivity index (χ2n) is 7.00. The largest absolute Gasteiger partial charge is 0.328 e. The molecule has 1 aliphatic rings. The highest BCUT2D eigenvalue weighted by Gasteiger charge is 2.34. The number of hydrogen-bond donors (Lipinski definition) is 1. The van der Waals surface area contributed by atoms with E-state index in [9.17, 15) is 8.42 Å². The van der Waals surface area contributed by atoms with Gasteiger partial charge in [-0.05, 0) is 37.5 Å². The first kappa shape index (κ1) is 16.9. The van der Waals surface area contributed by atoms with Crippen molar-refractivity contribution in [1.29, 1.82) is 0 Å². The molecule has 1 aliphatic carbocycles. The van der Waals surface area contributed by atoms with E-state index in [1.165, 1.54) is 0 Å². The Kier molecular flexibility index (Phi) is 5.83. The van der Waals surface area contributed by atoms with Crippen molar-refractivity contribution in [3.63, 3.8) is 0 Å². The van der Waals surface area contributed by atoms with Crippen molar-refractivity contribution in [3.05, 3.63) is 0 Å². The third-order valence-electron chi connectivity index (χ3n) is 3.57. The molecule has 0 aromatic heterocycles. The average Bonchev–Trinajstić information content (AvgIpc) is 2.24. The van der Waals surface area contributed by atoms with Crippen molar-refractivity contribution in [2.45, 2.75) is 71.9 Å². The van der Waals surface area contributed by atoms with Gasteiger partial charge in [-0.3, -0.25) is 0 Å². The maximum absolute atomic E-state index is 12.6. The van der Waals surface area contributed by atoms with E-state index in [2.05, 4.69) is 0 Å². The van der Waals surface area contributed by atoms with Crippen LogP contribution >= 0.6 is 0 Å². The highest BCUT2D eigenvalue weighted by molar-refractivity contribution is 7.89. The summed E-state index contributed by atoms with van der Waals surface area (Å²) in [5.41, 5.74) is 5.72. The number of rotatable bonds is 5. The maximum Gasteiger partial charge on any atom is 0.214 e. The quantitative estimate of drug-likeness (QED) is 0.845. The Morgan fingerprint density at radius 2 is 1.68 bits per heavy atom. The number of hydrogen-bond acceptors (Lipinski definition) is 3. The van der Waals surface area contributed by atoms with E-state index in [0.29, 0.717) is 6.54 Å². The van der Waals surface area contributed by atoms with Crippen molar-refractivity contribution in [2.24, 2.45) is 11.1 Å². The molecular weight excluding hydrogens is 260 g/mol. The predicted molar refractivity (Wildman–Crippen MR) is 80.5 cm³/mol. The molecule has 2 N–H and O–H groups in total. The molecule has 1 rings (SSSR count). The van der Waals surface area contributed by atoms with E-state index in [1.54, 1.807) is 4.31 Å². The average molecular weight is 290 g/mol. The summed E-state index contributed by atoms with van der Waals surface area (Å²) in [7, 11) is -3.17. The standard InChI is InChI=1S/C14H30N2O2S/c1-5-10-16(13-8-6-12(15)7-9-13)19(17,18)11-14(2,3)4/h12-13H,5-11,15H2,1-4H3. The Bertz CT molecular complexity index is 365. The summed E-state index contributed by atoms with van der Waals surface area (Å²) in [6, 6.07) is 0.414. The van der Waals surface area contributed by atoms with Gasteiger partial charge in [0.2, 0.25) is 10.0 Å². The SMILES string of the molecule is CCCN(C1CCC(N)CC1)S(=O)(=O)CC(C)(C)C. The zero-order chi connectivity index (χ0) is 14.7. The summed E-state index contributed by atoms with van der Waals surface area (Å²) in [5.74, 6) is 0.225. The molecule has 0 spiro atoms. The van der Waals surface area contributed by atoms with Gasteiger partial charge in [-0.1, -0.05) is 27.7 Å². The van der Waals surface area contributed by atoms with Gasteiger partial charge < -0.3 is 5.73 Å². The lowest BCUT2D eigenvalue weighted by Gasteiger charge is -2.36. The molecule has 0 aromatic carbocycles. The summed E-state index contributed by atoms with van der Waals surface area (Å²) in [6.07, 6.45) is 4.56. The van der Waals surface area contributed by atoms with Crippen LogP contribution in [0.15, 0.2) is 0 Å². The van der Waals surface area contributed by atoms with Gasteiger partial charge in [-0.25, -0.2) is 8.42 Å². The van der Waals surface area contributed by atoms with Crippen LogP contribution in [0.25, 0.3) is 0 Å². The highest BCUT2D eigenvalue weighted by atomic mass is 32.2. The fourth-order valence-electron chi connectivity index (χ4n) is 2.79. The van der Waals surface area contributed by atoms with Gasteiger partial charge in [-0.2, -0.15) is 4.31 Å². The van der Waals surface area contributed by atoms with Gasteiger partial charge in [0.15, 0.2) is 0 Å². The minimum atomic E-state index is -3.17. The molecule has 0 saturated heterocycles. The Labute approximate surface area is 118 Å². The summed E-state index contributed by atoms with van der Waals surface area (Å²) in [6.45, 7) is 8.61. The molecule has 0 heterocycles. The molecule has 0 aromatic rings. The zero-order valence-electron chi connectivity index (χ0n) is 12.9. The molecule has 114 valence electrons. The molecule has 0 atom stereocenters. The summed E-state index contributed by atoms with van der Waals surface area (Å²) < 4.78 is 27.0. The lowest BCUT2D eigenvalue weighted by atomic mass is 9.92. The number of nitrogens with two attached hydrogens (primary N) is 1. The highest BCUT2D eigenvalue weighted by Crippen LogP contribution is 2.27. The van der Waals surface area contributed by atoms with Crippen LogP contribution in [0.4, 0.5) is 0 Å². The minimum Gasteiger partial charge on any atom is -0.328 e. The molecule has 0 aliphatic heterocycles. The van der Waals surface area contributed by atoms with Crippen molar-refractivity contribution >= 4 is 10.0 Å². The smallest absolute Gasteiger partial charge is 0.214 e. The monoisotopic (exact) mass is 290 g/mol. The first-order chi connectivity index (χ1) is 8.65. The molecule has 4 nitrogen and oxygen atoms in total. The predicted octanol–water partition coefficient (Wildman–Crippen LogP) is 2.34. The van der Waals surface area contributed by atoms with Crippen LogP contribution in [0.3, 0.4) is 0 Å². The molecule has 0 radical (unpaired) electrons. The van der Waals surface area contributed by atoms with E-state index < -0.39 is 10.0 Å². The Balaban J connectivity index is 2.81. The van der Waals surface area contributed by atoms with Crippen molar-refractivity contribution in [1.82, 2.24) is 4.31 Å². The summed E-state index contributed by atoms with van der Waals surface area (Å²) in [4.78, 5) is 0. The van der Waals surface area contributed by atoms with Gasteiger partial charge in [0.05, 0.1) is 5.75 Å². The second-order valence-corrected chi connectivity index (χ2v) is 8.92. The van der Waals surface area contributed by atoms with Crippen LogP contribution in [0, 0.1) is 5.41 Å². The Morgan fingerprint density at radius 1 is 1.16 bits per heavy atom. The van der Waals surface area contributed by atoms with E-state index in [-0.39, 0.29) is 23.3 Å². The third-order valence-corrected chi connectivity index (χ3v) is 5.99. The topological polar surface area (TPSA) is 63.4 Å².